The highest BCUT2D eigenvalue weighted by Gasteiger charge is 2.06. The molecule has 0 unspecified atom stereocenters. The van der Waals surface area contributed by atoms with E-state index in [-0.39, 0.29) is 5.91 Å². The molecule has 0 aliphatic rings. The highest BCUT2D eigenvalue weighted by Crippen LogP contribution is 2.19. The third-order valence-corrected chi connectivity index (χ3v) is 3.31. The summed E-state index contributed by atoms with van der Waals surface area (Å²) < 4.78 is 0. The van der Waals surface area contributed by atoms with Crippen LogP contribution in [0.15, 0.2) is 18.2 Å². The molecule has 0 fully saturated rings. The Morgan fingerprint density at radius 3 is 2.74 bits per heavy atom. The number of anilines is 1. The van der Waals surface area contributed by atoms with Crippen molar-refractivity contribution >= 4 is 23.2 Å². The first-order valence-corrected chi connectivity index (χ1v) is 7.15. The van der Waals surface area contributed by atoms with Crippen molar-refractivity contribution in [2.75, 3.05) is 25.5 Å². The number of nitrogens with one attached hydrogen (secondary N) is 1. The van der Waals surface area contributed by atoms with Gasteiger partial charge in [0.1, 0.15) is 0 Å². The van der Waals surface area contributed by atoms with Crippen LogP contribution < -0.4 is 5.32 Å². The molecular weight excluding hydrogens is 260 g/mol. The predicted octanol–water partition coefficient (Wildman–Crippen LogP) is 3.71. The number of hydrogen-bond donors (Lipinski definition) is 1. The molecule has 1 amide bonds. The summed E-state index contributed by atoms with van der Waals surface area (Å²) in [5.41, 5.74) is 1.82. The van der Waals surface area contributed by atoms with Gasteiger partial charge in [0.15, 0.2) is 0 Å². The Labute approximate surface area is 120 Å². The lowest BCUT2D eigenvalue weighted by Gasteiger charge is -2.16. The van der Waals surface area contributed by atoms with E-state index >= 15 is 0 Å². The van der Waals surface area contributed by atoms with Crippen molar-refractivity contribution in [3.05, 3.63) is 28.8 Å². The Morgan fingerprint density at radius 2 is 2.11 bits per heavy atom. The summed E-state index contributed by atoms with van der Waals surface area (Å²) in [6.07, 6.45) is 2.87. The van der Waals surface area contributed by atoms with Gasteiger partial charge in [-0.25, -0.2) is 0 Å². The number of carbonyl (C=O) groups excluding carboxylic acids is 1. The van der Waals surface area contributed by atoms with Crippen LogP contribution >= 0.6 is 11.6 Å². The van der Waals surface area contributed by atoms with E-state index in [1.54, 1.807) is 6.07 Å². The fourth-order valence-electron chi connectivity index (χ4n) is 1.81. The van der Waals surface area contributed by atoms with Gasteiger partial charge in [-0.05, 0) is 50.7 Å². The van der Waals surface area contributed by atoms with Crippen molar-refractivity contribution in [2.24, 2.45) is 0 Å². The van der Waals surface area contributed by atoms with Crippen molar-refractivity contribution in [3.63, 3.8) is 0 Å². The van der Waals surface area contributed by atoms with E-state index in [1.165, 1.54) is 12.8 Å². The summed E-state index contributed by atoms with van der Waals surface area (Å²) in [7, 11) is 2.05. The van der Waals surface area contributed by atoms with Crippen LogP contribution in [-0.2, 0) is 4.79 Å². The zero-order valence-electron chi connectivity index (χ0n) is 12.0. The Hall–Kier alpha value is -1.06. The van der Waals surface area contributed by atoms with Crippen molar-refractivity contribution < 1.29 is 4.79 Å². The summed E-state index contributed by atoms with van der Waals surface area (Å²) in [5.74, 6) is 0.0498. The summed E-state index contributed by atoms with van der Waals surface area (Å²) in [4.78, 5) is 14.0. The monoisotopic (exact) mass is 282 g/mol. The zero-order chi connectivity index (χ0) is 14.3. The highest BCUT2D eigenvalue weighted by molar-refractivity contribution is 6.30. The summed E-state index contributed by atoms with van der Waals surface area (Å²) in [6.45, 7) is 5.95. The lowest BCUT2D eigenvalue weighted by Crippen LogP contribution is -2.25. The third kappa shape index (κ3) is 6.08. The van der Waals surface area contributed by atoms with Gasteiger partial charge >= 0.3 is 0 Å². The van der Waals surface area contributed by atoms with E-state index in [1.807, 2.05) is 19.1 Å². The molecule has 1 rings (SSSR count). The lowest BCUT2D eigenvalue weighted by atomic mass is 10.2. The molecule has 0 aromatic heterocycles. The van der Waals surface area contributed by atoms with Crippen LogP contribution in [0.25, 0.3) is 0 Å². The maximum absolute atomic E-state index is 11.9. The molecule has 0 saturated carbocycles. The van der Waals surface area contributed by atoms with Crippen LogP contribution in [0.5, 0.6) is 0 Å². The van der Waals surface area contributed by atoms with Crippen LogP contribution in [0.4, 0.5) is 5.69 Å². The molecule has 0 spiro atoms. The molecule has 4 heteroatoms. The number of benzene rings is 1. The molecule has 1 aromatic carbocycles. The first kappa shape index (κ1) is 16.0. The molecule has 0 bridgehead atoms. The minimum Gasteiger partial charge on any atom is -0.326 e. The first-order chi connectivity index (χ1) is 9.02. The number of amides is 1. The van der Waals surface area contributed by atoms with E-state index in [4.69, 9.17) is 11.6 Å². The van der Waals surface area contributed by atoms with Crippen molar-refractivity contribution in [2.45, 2.75) is 33.1 Å². The largest absolute Gasteiger partial charge is 0.326 e. The normalized spacial score (nSPS) is 10.8. The molecule has 1 N–H and O–H groups in total. The van der Waals surface area contributed by atoms with Crippen molar-refractivity contribution in [1.29, 1.82) is 0 Å². The topological polar surface area (TPSA) is 32.3 Å². The minimum atomic E-state index is 0.0498. The first-order valence-electron chi connectivity index (χ1n) is 6.77. The van der Waals surface area contributed by atoms with Crippen LogP contribution in [0.3, 0.4) is 0 Å². The van der Waals surface area contributed by atoms with Crippen LogP contribution in [0.2, 0.25) is 5.02 Å². The molecule has 1 aromatic rings. The predicted molar refractivity (Wildman–Crippen MR) is 81.8 cm³/mol. The summed E-state index contributed by atoms with van der Waals surface area (Å²) in [5, 5.41) is 3.61. The molecule has 0 atom stereocenters. The number of nitrogens with zero attached hydrogens (tertiary/aromatic N) is 1. The van der Waals surface area contributed by atoms with Crippen molar-refractivity contribution in [1.82, 2.24) is 4.90 Å². The number of rotatable bonds is 7. The molecule has 0 heterocycles. The Morgan fingerprint density at radius 1 is 1.37 bits per heavy atom. The van der Waals surface area contributed by atoms with E-state index < -0.39 is 0 Å². The maximum atomic E-state index is 11.9. The van der Waals surface area contributed by atoms with Crippen molar-refractivity contribution in [3.8, 4) is 0 Å². The van der Waals surface area contributed by atoms with Gasteiger partial charge in [0.05, 0.1) is 0 Å². The number of halogens is 1. The second-order valence-electron chi connectivity index (χ2n) is 4.91. The Bertz CT molecular complexity index is 421. The van der Waals surface area contributed by atoms with Gasteiger partial charge in [-0.3, -0.25) is 4.79 Å². The molecule has 106 valence electrons. The number of unbranched alkanes of at least 4 members (excludes halogenated alkanes) is 1. The van der Waals surface area contributed by atoms with Gasteiger partial charge in [-0.1, -0.05) is 24.9 Å². The quantitative estimate of drug-likeness (QED) is 0.827. The average molecular weight is 283 g/mol. The second-order valence-corrected chi connectivity index (χ2v) is 5.35. The summed E-state index contributed by atoms with van der Waals surface area (Å²) in [6, 6.07) is 5.48. The number of carbonyl (C=O) groups is 1. The zero-order valence-corrected chi connectivity index (χ0v) is 12.8. The Balaban J connectivity index is 2.38. The van der Waals surface area contributed by atoms with Crippen LogP contribution in [0, 0.1) is 6.92 Å². The van der Waals surface area contributed by atoms with Crippen LogP contribution in [0.1, 0.15) is 31.7 Å². The molecular formula is C15H23ClN2O. The molecule has 19 heavy (non-hydrogen) atoms. The van der Waals surface area contributed by atoms with E-state index in [2.05, 4.69) is 24.2 Å². The van der Waals surface area contributed by atoms with Gasteiger partial charge < -0.3 is 10.2 Å². The SMILES string of the molecule is CCCCN(C)CCC(=O)Nc1ccc(Cl)cc1C. The van der Waals surface area contributed by atoms with Gasteiger partial charge in [0.25, 0.3) is 0 Å². The van der Waals surface area contributed by atoms with Crippen LogP contribution in [-0.4, -0.2) is 30.9 Å². The molecule has 3 nitrogen and oxygen atoms in total. The summed E-state index contributed by atoms with van der Waals surface area (Å²) >= 11 is 5.89. The highest BCUT2D eigenvalue weighted by atomic mass is 35.5. The third-order valence-electron chi connectivity index (χ3n) is 3.08. The van der Waals surface area contributed by atoms with Gasteiger partial charge in [0, 0.05) is 23.7 Å². The van der Waals surface area contributed by atoms with E-state index in [0.717, 1.165) is 24.3 Å². The minimum absolute atomic E-state index is 0.0498. The lowest BCUT2D eigenvalue weighted by molar-refractivity contribution is -0.116. The molecule has 0 aliphatic heterocycles. The Kier molecular flexibility index (Phi) is 6.89. The molecule has 0 aliphatic carbocycles. The molecule has 0 saturated heterocycles. The van der Waals surface area contributed by atoms with Gasteiger partial charge in [-0.15, -0.1) is 0 Å². The number of hydrogen-bond acceptors (Lipinski definition) is 2. The van der Waals surface area contributed by atoms with E-state index in [9.17, 15) is 4.79 Å². The molecule has 0 radical (unpaired) electrons. The fourth-order valence-corrected chi connectivity index (χ4v) is 2.04. The average Bonchev–Trinajstić information content (AvgIpc) is 2.37. The maximum Gasteiger partial charge on any atom is 0.225 e. The standard InChI is InChI=1S/C15H23ClN2O/c1-4-5-9-18(3)10-8-15(19)17-14-7-6-13(16)11-12(14)2/h6-7,11H,4-5,8-10H2,1-3H3,(H,17,19). The van der Waals surface area contributed by atoms with Gasteiger partial charge in [-0.2, -0.15) is 0 Å². The smallest absolute Gasteiger partial charge is 0.225 e. The fraction of sp³-hybridized carbons (Fsp3) is 0.533. The number of aryl methyl sites for hydroxylation is 1. The second kappa shape index (κ2) is 8.18. The van der Waals surface area contributed by atoms with E-state index in [0.29, 0.717) is 11.4 Å². The van der Waals surface area contributed by atoms with Gasteiger partial charge in [0.2, 0.25) is 5.91 Å².